The van der Waals surface area contributed by atoms with E-state index in [1.54, 1.807) is 6.21 Å². The van der Waals surface area contributed by atoms with Crippen molar-refractivity contribution < 1.29 is 0 Å². The van der Waals surface area contributed by atoms with E-state index in [0.717, 1.165) is 6.54 Å². The van der Waals surface area contributed by atoms with Crippen molar-refractivity contribution >= 4 is 28.7 Å². The predicted octanol–water partition coefficient (Wildman–Crippen LogP) is 3.40. The molecule has 0 saturated heterocycles. The van der Waals surface area contributed by atoms with Crippen LogP contribution in [0.3, 0.4) is 0 Å². The molecule has 1 unspecified atom stereocenters. The molecule has 2 heterocycles. The van der Waals surface area contributed by atoms with E-state index in [1.807, 2.05) is 17.2 Å². The van der Waals surface area contributed by atoms with Crippen LogP contribution in [0.2, 0.25) is 0 Å². The van der Waals surface area contributed by atoms with Gasteiger partial charge in [-0.1, -0.05) is 17.7 Å². The molecular formula is C14H14ClN3. The van der Waals surface area contributed by atoms with Crippen molar-refractivity contribution in [1.82, 2.24) is 9.88 Å². The van der Waals surface area contributed by atoms with E-state index in [4.69, 9.17) is 11.6 Å². The van der Waals surface area contributed by atoms with Crippen LogP contribution < -0.4 is 0 Å². The van der Waals surface area contributed by atoms with Crippen molar-refractivity contribution in [2.75, 3.05) is 0 Å². The molecule has 1 N–H and O–H groups in total. The third kappa shape index (κ3) is 2.14. The molecule has 0 bridgehead atoms. The van der Waals surface area contributed by atoms with Gasteiger partial charge in [-0.25, -0.2) is 0 Å². The van der Waals surface area contributed by atoms with E-state index < -0.39 is 0 Å². The largest absolute Gasteiger partial charge is 0.359 e. The summed E-state index contributed by atoms with van der Waals surface area (Å²) in [4.78, 5) is 9.47. The lowest BCUT2D eigenvalue weighted by atomic mass is 10.1. The lowest BCUT2D eigenvalue weighted by Gasteiger charge is -2.24. The number of alkyl halides is 1. The number of aryl methyl sites for hydroxylation is 1. The first-order valence-corrected chi connectivity index (χ1v) is 6.34. The van der Waals surface area contributed by atoms with Crippen molar-refractivity contribution in [3.05, 3.63) is 47.8 Å². The Morgan fingerprint density at radius 1 is 1.39 bits per heavy atom. The molecule has 0 spiro atoms. The minimum Gasteiger partial charge on any atom is -0.359 e. The number of benzene rings is 1. The first kappa shape index (κ1) is 11.4. The van der Waals surface area contributed by atoms with Gasteiger partial charge >= 0.3 is 0 Å². The van der Waals surface area contributed by atoms with Crippen LogP contribution in [-0.4, -0.2) is 21.7 Å². The molecule has 0 radical (unpaired) electrons. The molecule has 1 aliphatic heterocycles. The van der Waals surface area contributed by atoms with Crippen LogP contribution >= 0.6 is 11.6 Å². The molecule has 1 aliphatic rings. The lowest BCUT2D eigenvalue weighted by molar-refractivity contribution is 0.345. The zero-order chi connectivity index (χ0) is 12.5. The van der Waals surface area contributed by atoms with E-state index in [1.165, 1.54) is 22.2 Å². The monoisotopic (exact) mass is 259 g/mol. The molecule has 92 valence electrons. The number of aromatic nitrogens is 1. The highest BCUT2D eigenvalue weighted by Gasteiger charge is 2.12. The maximum Gasteiger partial charge on any atom is 0.197 e. The smallest absolute Gasteiger partial charge is 0.197 e. The molecule has 0 saturated carbocycles. The number of nitrogens with one attached hydrogen (secondary N) is 1. The van der Waals surface area contributed by atoms with Gasteiger partial charge in [-0.15, -0.1) is 0 Å². The van der Waals surface area contributed by atoms with Crippen LogP contribution in [0.1, 0.15) is 11.3 Å². The zero-order valence-electron chi connectivity index (χ0n) is 10.1. The minimum absolute atomic E-state index is 0.307. The average molecular weight is 260 g/mol. The van der Waals surface area contributed by atoms with Gasteiger partial charge in [0, 0.05) is 30.2 Å². The van der Waals surface area contributed by atoms with Crippen molar-refractivity contribution in [2.45, 2.75) is 19.1 Å². The number of rotatable bonds is 2. The summed E-state index contributed by atoms with van der Waals surface area (Å²) in [6, 6.07) is 8.57. The van der Waals surface area contributed by atoms with Crippen molar-refractivity contribution in [3.63, 3.8) is 0 Å². The Hall–Kier alpha value is -1.74. The van der Waals surface area contributed by atoms with E-state index >= 15 is 0 Å². The van der Waals surface area contributed by atoms with Gasteiger partial charge in [-0.3, -0.25) is 4.99 Å². The summed E-state index contributed by atoms with van der Waals surface area (Å²) in [6.45, 7) is 2.83. The number of hydrogen-bond acceptors (Lipinski definition) is 2. The molecule has 18 heavy (non-hydrogen) atoms. The molecule has 1 atom stereocenters. The van der Waals surface area contributed by atoms with Crippen molar-refractivity contribution in [3.8, 4) is 0 Å². The fraction of sp³-hybridized carbons (Fsp3) is 0.214. The van der Waals surface area contributed by atoms with E-state index in [-0.39, 0.29) is 5.62 Å². The van der Waals surface area contributed by atoms with Gasteiger partial charge in [0.1, 0.15) is 0 Å². The van der Waals surface area contributed by atoms with Gasteiger partial charge in [-0.05, 0) is 42.1 Å². The minimum atomic E-state index is -0.307. The predicted molar refractivity (Wildman–Crippen MR) is 75.9 cm³/mol. The highest BCUT2D eigenvalue weighted by Crippen LogP contribution is 2.20. The fourth-order valence-corrected chi connectivity index (χ4v) is 2.39. The van der Waals surface area contributed by atoms with E-state index in [0.29, 0.717) is 0 Å². The lowest BCUT2D eigenvalue weighted by Crippen LogP contribution is -2.25. The summed E-state index contributed by atoms with van der Waals surface area (Å²) >= 11 is 6.13. The van der Waals surface area contributed by atoms with Crippen molar-refractivity contribution in [2.24, 2.45) is 4.99 Å². The number of halogens is 1. The molecule has 0 amide bonds. The summed E-state index contributed by atoms with van der Waals surface area (Å²) in [5, 5.41) is 1.24. The fourth-order valence-electron chi connectivity index (χ4n) is 2.19. The van der Waals surface area contributed by atoms with E-state index in [2.05, 4.69) is 41.2 Å². The number of aliphatic imine (C=N–C) groups is 1. The van der Waals surface area contributed by atoms with Gasteiger partial charge in [0.2, 0.25) is 0 Å². The van der Waals surface area contributed by atoms with E-state index in [9.17, 15) is 0 Å². The Morgan fingerprint density at radius 2 is 2.28 bits per heavy atom. The average Bonchev–Trinajstić information content (AvgIpc) is 2.71. The second-order valence-corrected chi connectivity index (χ2v) is 4.89. The van der Waals surface area contributed by atoms with Crippen LogP contribution in [0.15, 0.2) is 41.5 Å². The van der Waals surface area contributed by atoms with Crippen LogP contribution in [0, 0.1) is 6.92 Å². The molecule has 1 aromatic carbocycles. The normalized spacial score (nSPS) is 18.8. The first-order valence-electron chi connectivity index (χ1n) is 5.90. The number of fused-ring (bicyclic) bond motifs is 1. The molecule has 3 nitrogen and oxygen atoms in total. The topological polar surface area (TPSA) is 31.4 Å². The van der Waals surface area contributed by atoms with Crippen LogP contribution in [0.4, 0.5) is 0 Å². The second-order valence-electron chi connectivity index (χ2n) is 4.50. The van der Waals surface area contributed by atoms with Gasteiger partial charge in [0.25, 0.3) is 0 Å². The summed E-state index contributed by atoms with van der Waals surface area (Å²) in [5.74, 6) is 0. The van der Waals surface area contributed by atoms with Crippen molar-refractivity contribution in [1.29, 1.82) is 0 Å². The first-order chi connectivity index (χ1) is 8.72. The number of H-pyrrole nitrogens is 1. The van der Waals surface area contributed by atoms with Crippen LogP contribution in [0.5, 0.6) is 0 Å². The molecule has 2 aromatic rings. The molecule has 0 fully saturated rings. The van der Waals surface area contributed by atoms with Gasteiger partial charge in [0.05, 0.1) is 0 Å². The summed E-state index contributed by atoms with van der Waals surface area (Å²) in [7, 11) is 0. The Balaban J connectivity index is 1.86. The van der Waals surface area contributed by atoms with Crippen LogP contribution in [0.25, 0.3) is 10.9 Å². The third-order valence-corrected chi connectivity index (χ3v) is 3.39. The maximum atomic E-state index is 6.13. The SMILES string of the molecule is Cc1cc2cc(CN3C=CC=NC3Cl)ccc2[nH]1. The van der Waals surface area contributed by atoms with Gasteiger partial charge < -0.3 is 9.88 Å². The summed E-state index contributed by atoms with van der Waals surface area (Å²) < 4.78 is 0. The summed E-state index contributed by atoms with van der Waals surface area (Å²) in [5.41, 5.74) is 3.28. The third-order valence-electron chi connectivity index (χ3n) is 3.03. The Morgan fingerprint density at radius 3 is 3.11 bits per heavy atom. The quantitative estimate of drug-likeness (QED) is 0.651. The Kier molecular flexibility index (Phi) is 2.84. The standard InChI is InChI=1S/C14H14ClN3/c1-10-7-12-8-11(3-4-13(12)17-10)9-18-6-2-5-16-14(18)15/h2-8,14,17H,9H2,1H3. The second kappa shape index (κ2) is 4.50. The molecule has 4 heteroatoms. The van der Waals surface area contributed by atoms with Crippen LogP contribution in [-0.2, 0) is 6.54 Å². The Bertz CT molecular complexity index is 627. The number of nitrogens with zero attached hydrogens (tertiary/aromatic N) is 2. The Labute approximate surface area is 111 Å². The van der Waals surface area contributed by atoms with Gasteiger partial charge in [-0.2, -0.15) is 0 Å². The molecule has 1 aromatic heterocycles. The molecule has 0 aliphatic carbocycles. The van der Waals surface area contributed by atoms with Gasteiger partial charge in [0.15, 0.2) is 5.62 Å². The number of aromatic amines is 1. The summed E-state index contributed by atoms with van der Waals surface area (Å²) in [6.07, 6.45) is 5.60. The molecule has 3 rings (SSSR count). The highest BCUT2D eigenvalue weighted by molar-refractivity contribution is 6.20. The maximum absolute atomic E-state index is 6.13. The number of allylic oxidation sites excluding steroid dienone is 1. The highest BCUT2D eigenvalue weighted by atomic mass is 35.5. The zero-order valence-corrected chi connectivity index (χ0v) is 10.9. The number of hydrogen-bond donors (Lipinski definition) is 1. The molecular weight excluding hydrogens is 246 g/mol.